The van der Waals surface area contributed by atoms with Crippen molar-refractivity contribution < 1.29 is 14.0 Å². The molecule has 2 aromatic rings. The van der Waals surface area contributed by atoms with Crippen LogP contribution in [0.2, 0.25) is 0 Å². The first-order valence-electron chi connectivity index (χ1n) is 6.76. The average Bonchev–Trinajstić information content (AvgIpc) is 3.20. The number of thiazole rings is 1. The lowest BCUT2D eigenvalue weighted by Gasteiger charge is -2.31. The summed E-state index contributed by atoms with van der Waals surface area (Å²) in [5.41, 5.74) is 0.524. The number of carbonyl (C=O) groups is 2. The molecule has 6 nitrogen and oxygen atoms in total. The van der Waals surface area contributed by atoms with E-state index in [0.717, 1.165) is 12.8 Å². The number of rotatable bonds is 3. The largest absolute Gasteiger partial charge is 0.472 e. The maximum Gasteiger partial charge on any atom is 0.257 e. The second-order valence-electron chi connectivity index (χ2n) is 4.93. The van der Waals surface area contributed by atoms with E-state index in [-0.39, 0.29) is 17.7 Å². The molecule has 110 valence electrons. The number of amides is 2. The highest BCUT2D eigenvalue weighted by Crippen LogP contribution is 2.21. The van der Waals surface area contributed by atoms with E-state index >= 15 is 0 Å². The molecule has 1 aliphatic rings. The summed E-state index contributed by atoms with van der Waals surface area (Å²) in [7, 11) is 0. The third-order valence-corrected chi connectivity index (χ3v) is 4.20. The molecular formula is C14H15N3O3S. The zero-order valence-corrected chi connectivity index (χ0v) is 12.1. The lowest BCUT2D eigenvalue weighted by atomic mass is 9.97. The van der Waals surface area contributed by atoms with Gasteiger partial charge in [-0.05, 0) is 18.9 Å². The van der Waals surface area contributed by atoms with E-state index in [1.807, 2.05) is 5.38 Å². The van der Waals surface area contributed by atoms with Crippen LogP contribution in [-0.2, 0) is 4.79 Å². The molecule has 1 fully saturated rings. The number of anilines is 1. The van der Waals surface area contributed by atoms with Crippen LogP contribution in [0, 0.1) is 5.92 Å². The Morgan fingerprint density at radius 3 is 3.10 bits per heavy atom. The Kier molecular flexibility index (Phi) is 4.01. The van der Waals surface area contributed by atoms with Crippen LogP contribution in [0.25, 0.3) is 0 Å². The summed E-state index contributed by atoms with van der Waals surface area (Å²) in [5.74, 6) is -0.358. The summed E-state index contributed by atoms with van der Waals surface area (Å²) < 4.78 is 4.94. The van der Waals surface area contributed by atoms with Crippen LogP contribution in [0.4, 0.5) is 5.13 Å². The van der Waals surface area contributed by atoms with Gasteiger partial charge in [0.05, 0.1) is 17.7 Å². The fraction of sp³-hybridized carbons (Fsp3) is 0.357. The van der Waals surface area contributed by atoms with Gasteiger partial charge in [-0.25, -0.2) is 4.98 Å². The van der Waals surface area contributed by atoms with E-state index in [9.17, 15) is 9.59 Å². The van der Waals surface area contributed by atoms with Crippen molar-refractivity contribution in [2.75, 3.05) is 18.4 Å². The van der Waals surface area contributed by atoms with Gasteiger partial charge >= 0.3 is 0 Å². The summed E-state index contributed by atoms with van der Waals surface area (Å²) in [6.45, 7) is 1.10. The number of piperidine rings is 1. The van der Waals surface area contributed by atoms with Crippen molar-refractivity contribution in [1.82, 2.24) is 9.88 Å². The Morgan fingerprint density at radius 1 is 1.48 bits per heavy atom. The lowest BCUT2D eigenvalue weighted by Crippen LogP contribution is -2.43. The summed E-state index contributed by atoms with van der Waals surface area (Å²) >= 11 is 1.38. The minimum atomic E-state index is -0.196. The molecular weight excluding hydrogens is 290 g/mol. The second-order valence-corrected chi connectivity index (χ2v) is 5.82. The van der Waals surface area contributed by atoms with Gasteiger partial charge in [0.1, 0.15) is 6.26 Å². The molecule has 21 heavy (non-hydrogen) atoms. The number of aromatic nitrogens is 1. The van der Waals surface area contributed by atoms with E-state index in [1.54, 1.807) is 17.2 Å². The van der Waals surface area contributed by atoms with Crippen LogP contribution in [0.15, 0.2) is 34.6 Å². The van der Waals surface area contributed by atoms with Gasteiger partial charge in [-0.15, -0.1) is 11.3 Å². The summed E-state index contributed by atoms with van der Waals surface area (Å²) in [4.78, 5) is 30.2. The van der Waals surface area contributed by atoms with Gasteiger partial charge in [0.15, 0.2) is 5.13 Å². The molecule has 1 N–H and O–H groups in total. The maximum absolute atomic E-state index is 12.3. The third-order valence-electron chi connectivity index (χ3n) is 3.51. The monoisotopic (exact) mass is 305 g/mol. The number of furan rings is 1. The lowest BCUT2D eigenvalue weighted by molar-refractivity contribution is -0.121. The van der Waals surface area contributed by atoms with Crippen LogP contribution in [0.5, 0.6) is 0 Å². The van der Waals surface area contributed by atoms with Gasteiger partial charge in [0.2, 0.25) is 5.91 Å². The average molecular weight is 305 g/mol. The molecule has 0 saturated carbocycles. The van der Waals surface area contributed by atoms with Crippen molar-refractivity contribution in [3.8, 4) is 0 Å². The molecule has 0 bridgehead atoms. The number of hydrogen-bond donors (Lipinski definition) is 1. The van der Waals surface area contributed by atoms with Gasteiger partial charge in [-0.3, -0.25) is 9.59 Å². The molecule has 2 amide bonds. The van der Waals surface area contributed by atoms with Gasteiger partial charge in [0, 0.05) is 24.7 Å². The zero-order chi connectivity index (χ0) is 14.7. The fourth-order valence-electron chi connectivity index (χ4n) is 2.44. The molecule has 0 aromatic carbocycles. The van der Waals surface area contributed by atoms with E-state index in [1.165, 1.54) is 23.9 Å². The van der Waals surface area contributed by atoms with Crippen molar-refractivity contribution in [2.24, 2.45) is 5.92 Å². The number of carbonyl (C=O) groups excluding carboxylic acids is 2. The van der Waals surface area contributed by atoms with Gasteiger partial charge in [0.25, 0.3) is 5.91 Å². The molecule has 1 aliphatic heterocycles. The Morgan fingerprint density at radius 2 is 2.38 bits per heavy atom. The number of likely N-dealkylation sites (tertiary alicyclic amines) is 1. The maximum atomic E-state index is 12.3. The molecule has 2 aromatic heterocycles. The molecule has 0 aliphatic carbocycles. The van der Waals surface area contributed by atoms with Crippen molar-refractivity contribution in [3.05, 3.63) is 35.7 Å². The molecule has 7 heteroatoms. The Balaban J connectivity index is 1.63. The standard InChI is InChI=1S/C14H15N3O3S/c18-12(16-14-15-4-7-21-14)10-2-1-5-17(8-10)13(19)11-3-6-20-9-11/h3-4,6-7,9-10H,1-2,5,8H2,(H,15,16,18)/t10-/m1/s1. The van der Waals surface area contributed by atoms with E-state index in [4.69, 9.17) is 4.42 Å². The normalized spacial score (nSPS) is 18.5. The van der Waals surface area contributed by atoms with Gasteiger partial charge < -0.3 is 14.6 Å². The van der Waals surface area contributed by atoms with Crippen LogP contribution in [-0.4, -0.2) is 34.8 Å². The first kappa shape index (κ1) is 13.8. The van der Waals surface area contributed by atoms with Gasteiger partial charge in [-0.2, -0.15) is 0 Å². The molecule has 0 spiro atoms. The molecule has 1 saturated heterocycles. The molecule has 0 unspecified atom stereocenters. The number of nitrogens with zero attached hydrogens (tertiary/aromatic N) is 2. The molecule has 0 radical (unpaired) electrons. The van der Waals surface area contributed by atoms with Crippen molar-refractivity contribution >= 4 is 28.3 Å². The van der Waals surface area contributed by atoms with Crippen LogP contribution in [0.3, 0.4) is 0 Å². The van der Waals surface area contributed by atoms with Crippen molar-refractivity contribution in [3.63, 3.8) is 0 Å². The van der Waals surface area contributed by atoms with Crippen molar-refractivity contribution in [2.45, 2.75) is 12.8 Å². The van der Waals surface area contributed by atoms with Gasteiger partial charge in [-0.1, -0.05) is 0 Å². The third kappa shape index (κ3) is 3.13. The zero-order valence-electron chi connectivity index (χ0n) is 11.3. The van der Waals surface area contributed by atoms with E-state index in [0.29, 0.717) is 23.8 Å². The second kappa shape index (κ2) is 6.09. The highest BCUT2D eigenvalue weighted by Gasteiger charge is 2.29. The Labute approximate surface area is 125 Å². The predicted molar refractivity (Wildman–Crippen MR) is 78.1 cm³/mol. The first-order chi connectivity index (χ1) is 10.2. The first-order valence-corrected chi connectivity index (χ1v) is 7.64. The minimum absolute atomic E-state index is 0.0744. The Bertz CT molecular complexity index is 609. The molecule has 3 rings (SSSR count). The van der Waals surface area contributed by atoms with E-state index < -0.39 is 0 Å². The Hall–Kier alpha value is -2.15. The van der Waals surface area contributed by atoms with Crippen LogP contribution >= 0.6 is 11.3 Å². The highest BCUT2D eigenvalue weighted by atomic mass is 32.1. The van der Waals surface area contributed by atoms with Crippen LogP contribution in [0.1, 0.15) is 23.2 Å². The fourth-order valence-corrected chi connectivity index (χ4v) is 2.97. The van der Waals surface area contributed by atoms with Crippen LogP contribution < -0.4 is 5.32 Å². The quantitative estimate of drug-likeness (QED) is 0.943. The molecule has 3 heterocycles. The minimum Gasteiger partial charge on any atom is -0.472 e. The number of nitrogens with one attached hydrogen (secondary N) is 1. The summed E-state index contributed by atoms with van der Waals surface area (Å²) in [6, 6.07) is 1.64. The molecule has 1 atom stereocenters. The summed E-state index contributed by atoms with van der Waals surface area (Å²) in [5, 5.41) is 5.20. The highest BCUT2D eigenvalue weighted by molar-refractivity contribution is 7.13. The SMILES string of the molecule is O=C(Nc1nccs1)[C@@H]1CCCN(C(=O)c2ccoc2)C1. The van der Waals surface area contributed by atoms with E-state index in [2.05, 4.69) is 10.3 Å². The summed E-state index contributed by atoms with van der Waals surface area (Å²) in [6.07, 6.45) is 6.16. The smallest absolute Gasteiger partial charge is 0.257 e. The predicted octanol–water partition coefficient (Wildman–Crippen LogP) is 2.23. The topological polar surface area (TPSA) is 75.4 Å². The van der Waals surface area contributed by atoms with Crippen molar-refractivity contribution in [1.29, 1.82) is 0 Å². The number of hydrogen-bond acceptors (Lipinski definition) is 5.